The molecule has 1 unspecified atom stereocenters. The average Bonchev–Trinajstić information content (AvgIpc) is 2.95. The summed E-state index contributed by atoms with van der Waals surface area (Å²) < 4.78 is 0. The lowest BCUT2D eigenvalue weighted by molar-refractivity contribution is -0.120. The van der Waals surface area contributed by atoms with Gasteiger partial charge >= 0.3 is 0 Å². The standard InChI is InChI=1S/C19H25ClN6O/c1-5-13-10(2)7-23-14(11(13)3)9-26-8-12(6-15(27)22-4)16-17(20)24-19(21)25-18(16)26/h7,12H,5-6,8-9H2,1-4H3,(H,22,27)(H2,21,24,25). The van der Waals surface area contributed by atoms with Crippen molar-refractivity contribution in [1.29, 1.82) is 0 Å². The van der Waals surface area contributed by atoms with E-state index in [4.69, 9.17) is 17.3 Å². The van der Waals surface area contributed by atoms with Gasteiger partial charge in [0.25, 0.3) is 0 Å². The molecule has 144 valence electrons. The lowest BCUT2D eigenvalue weighted by Crippen LogP contribution is -2.26. The molecule has 0 radical (unpaired) electrons. The zero-order valence-electron chi connectivity index (χ0n) is 16.1. The Morgan fingerprint density at radius 2 is 2.15 bits per heavy atom. The number of hydrogen-bond donors (Lipinski definition) is 2. The Bertz CT molecular complexity index is 885. The minimum Gasteiger partial charge on any atom is -0.368 e. The predicted octanol–water partition coefficient (Wildman–Crippen LogP) is 2.53. The molecule has 1 aliphatic heterocycles. The van der Waals surface area contributed by atoms with E-state index in [9.17, 15) is 4.79 Å². The number of aromatic nitrogens is 3. The first-order valence-corrected chi connectivity index (χ1v) is 9.45. The van der Waals surface area contributed by atoms with Gasteiger partial charge in [0.05, 0.1) is 12.2 Å². The number of aryl methyl sites for hydroxylation is 1. The Morgan fingerprint density at radius 1 is 1.41 bits per heavy atom. The van der Waals surface area contributed by atoms with E-state index in [1.54, 1.807) is 7.05 Å². The highest BCUT2D eigenvalue weighted by Crippen LogP contribution is 2.41. The SMILES string of the molecule is CCc1c(C)cnc(CN2CC(CC(=O)NC)c3c(Cl)nc(N)nc32)c1C. The minimum atomic E-state index is -0.0792. The van der Waals surface area contributed by atoms with Crippen LogP contribution in [-0.4, -0.2) is 34.5 Å². The van der Waals surface area contributed by atoms with Crippen LogP contribution in [0.15, 0.2) is 6.20 Å². The molecular formula is C19H25ClN6O. The Balaban J connectivity index is 1.97. The van der Waals surface area contributed by atoms with Crippen molar-refractivity contribution in [3.05, 3.63) is 39.3 Å². The third-order valence-corrected chi connectivity index (χ3v) is 5.51. The lowest BCUT2D eigenvalue weighted by atomic mass is 10.00. The lowest BCUT2D eigenvalue weighted by Gasteiger charge is -2.21. The van der Waals surface area contributed by atoms with Crippen molar-refractivity contribution in [2.24, 2.45) is 0 Å². The van der Waals surface area contributed by atoms with Crippen LogP contribution < -0.4 is 16.0 Å². The molecule has 3 N–H and O–H groups in total. The molecule has 2 aromatic rings. The van der Waals surface area contributed by atoms with Gasteiger partial charge in [0.2, 0.25) is 11.9 Å². The number of pyridine rings is 1. The number of rotatable bonds is 5. The van der Waals surface area contributed by atoms with Gasteiger partial charge in [0.1, 0.15) is 11.0 Å². The largest absolute Gasteiger partial charge is 0.368 e. The maximum atomic E-state index is 11.9. The predicted molar refractivity (Wildman–Crippen MR) is 107 cm³/mol. The Kier molecular flexibility index (Phi) is 5.51. The van der Waals surface area contributed by atoms with E-state index >= 15 is 0 Å². The van der Waals surface area contributed by atoms with Crippen LogP contribution in [-0.2, 0) is 17.8 Å². The van der Waals surface area contributed by atoms with Gasteiger partial charge in [-0.2, -0.15) is 4.98 Å². The highest BCUT2D eigenvalue weighted by molar-refractivity contribution is 6.30. The topological polar surface area (TPSA) is 97.0 Å². The summed E-state index contributed by atoms with van der Waals surface area (Å²) in [6, 6.07) is 0. The van der Waals surface area contributed by atoms with Crippen LogP contribution in [0.1, 0.15) is 47.2 Å². The van der Waals surface area contributed by atoms with Crippen molar-refractivity contribution in [3.8, 4) is 0 Å². The van der Waals surface area contributed by atoms with Crippen LogP contribution in [0.2, 0.25) is 5.15 Å². The summed E-state index contributed by atoms with van der Waals surface area (Å²) in [7, 11) is 1.63. The van der Waals surface area contributed by atoms with E-state index in [0.717, 1.165) is 17.7 Å². The fraction of sp³-hybridized carbons (Fsp3) is 0.474. The van der Waals surface area contributed by atoms with Crippen molar-refractivity contribution in [1.82, 2.24) is 20.3 Å². The fourth-order valence-electron chi connectivity index (χ4n) is 3.82. The molecule has 1 amide bonds. The van der Waals surface area contributed by atoms with E-state index in [2.05, 4.69) is 45.9 Å². The number of amides is 1. The van der Waals surface area contributed by atoms with E-state index in [1.165, 1.54) is 16.7 Å². The van der Waals surface area contributed by atoms with Gasteiger partial charge in [-0.3, -0.25) is 9.78 Å². The summed E-state index contributed by atoms with van der Waals surface area (Å²) in [4.78, 5) is 27.2. The van der Waals surface area contributed by atoms with E-state index in [1.807, 2.05) is 6.20 Å². The van der Waals surface area contributed by atoms with Gasteiger partial charge in [-0.15, -0.1) is 0 Å². The molecule has 1 atom stereocenters. The molecular weight excluding hydrogens is 364 g/mol. The average molecular weight is 389 g/mol. The van der Waals surface area contributed by atoms with Crippen LogP contribution in [0.5, 0.6) is 0 Å². The maximum Gasteiger partial charge on any atom is 0.223 e. The number of nitrogens with one attached hydrogen (secondary N) is 1. The Hall–Kier alpha value is -2.41. The molecule has 0 spiro atoms. The van der Waals surface area contributed by atoms with Gasteiger partial charge in [-0.05, 0) is 37.0 Å². The third-order valence-electron chi connectivity index (χ3n) is 5.23. The van der Waals surface area contributed by atoms with E-state index in [-0.39, 0.29) is 17.8 Å². The molecule has 0 aromatic carbocycles. The molecule has 27 heavy (non-hydrogen) atoms. The molecule has 0 saturated carbocycles. The number of carbonyl (C=O) groups excluding carboxylic acids is 1. The van der Waals surface area contributed by atoms with Crippen molar-refractivity contribution >= 4 is 29.3 Å². The minimum absolute atomic E-state index is 0.0430. The summed E-state index contributed by atoms with van der Waals surface area (Å²) in [5.41, 5.74) is 11.3. The normalized spacial score (nSPS) is 15.7. The molecule has 3 heterocycles. The molecule has 1 aliphatic rings. The van der Waals surface area contributed by atoms with Crippen molar-refractivity contribution in [2.75, 3.05) is 24.2 Å². The van der Waals surface area contributed by atoms with Gasteiger partial charge in [0.15, 0.2) is 0 Å². The molecule has 3 rings (SSSR count). The number of carbonyl (C=O) groups is 1. The second-order valence-electron chi connectivity index (χ2n) is 6.91. The van der Waals surface area contributed by atoms with Gasteiger partial charge < -0.3 is 16.0 Å². The van der Waals surface area contributed by atoms with Crippen LogP contribution in [0.4, 0.5) is 11.8 Å². The number of halogens is 1. The van der Waals surface area contributed by atoms with Crippen molar-refractivity contribution in [2.45, 2.75) is 46.1 Å². The number of nitrogens with two attached hydrogens (primary N) is 1. The maximum absolute atomic E-state index is 11.9. The van der Waals surface area contributed by atoms with Gasteiger partial charge in [0, 0.05) is 37.7 Å². The van der Waals surface area contributed by atoms with Crippen LogP contribution in [0, 0.1) is 13.8 Å². The van der Waals surface area contributed by atoms with Crippen LogP contribution in [0.25, 0.3) is 0 Å². The third kappa shape index (κ3) is 3.69. The zero-order valence-corrected chi connectivity index (χ0v) is 16.9. The van der Waals surface area contributed by atoms with Crippen LogP contribution in [0.3, 0.4) is 0 Å². The monoisotopic (exact) mass is 388 g/mol. The van der Waals surface area contributed by atoms with E-state index in [0.29, 0.717) is 30.5 Å². The number of nitrogens with zero attached hydrogens (tertiary/aromatic N) is 4. The molecule has 0 saturated heterocycles. The summed E-state index contributed by atoms with van der Waals surface area (Å²) in [5, 5.41) is 2.99. The molecule has 8 heteroatoms. The summed E-state index contributed by atoms with van der Waals surface area (Å²) in [5.74, 6) is 0.705. The molecule has 0 bridgehead atoms. The first-order chi connectivity index (χ1) is 12.8. The highest BCUT2D eigenvalue weighted by atomic mass is 35.5. The molecule has 7 nitrogen and oxygen atoms in total. The van der Waals surface area contributed by atoms with Crippen molar-refractivity contribution in [3.63, 3.8) is 0 Å². The summed E-state index contributed by atoms with van der Waals surface area (Å²) in [6.07, 6.45) is 3.21. The van der Waals surface area contributed by atoms with Crippen LogP contribution >= 0.6 is 11.6 Å². The summed E-state index contributed by atoms with van der Waals surface area (Å²) in [6.45, 7) is 7.55. The molecule has 0 aliphatic carbocycles. The quantitative estimate of drug-likeness (QED) is 0.764. The number of anilines is 2. The van der Waals surface area contributed by atoms with E-state index < -0.39 is 0 Å². The first-order valence-electron chi connectivity index (χ1n) is 9.08. The fourth-order valence-corrected chi connectivity index (χ4v) is 4.14. The number of fused-ring (bicyclic) bond motifs is 1. The first kappa shape index (κ1) is 19.4. The summed E-state index contributed by atoms with van der Waals surface area (Å²) >= 11 is 6.36. The second kappa shape index (κ2) is 7.68. The second-order valence-corrected chi connectivity index (χ2v) is 7.27. The highest BCUT2D eigenvalue weighted by Gasteiger charge is 2.35. The number of hydrogen-bond acceptors (Lipinski definition) is 6. The Morgan fingerprint density at radius 3 is 2.81 bits per heavy atom. The smallest absolute Gasteiger partial charge is 0.223 e. The molecule has 2 aromatic heterocycles. The molecule has 0 fully saturated rings. The number of nitrogen functional groups attached to an aromatic ring is 1. The van der Waals surface area contributed by atoms with Gasteiger partial charge in [-0.25, -0.2) is 4.98 Å². The van der Waals surface area contributed by atoms with Gasteiger partial charge in [-0.1, -0.05) is 18.5 Å². The zero-order chi connectivity index (χ0) is 19.7. The van der Waals surface area contributed by atoms with Crippen molar-refractivity contribution < 1.29 is 4.79 Å². The Labute approximate surface area is 164 Å².